The van der Waals surface area contributed by atoms with Gasteiger partial charge in [0.2, 0.25) is 5.88 Å². The summed E-state index contributed by atoms with van der Waals surface area (Å²) in [5.74, 6) is 0.826. The third-order valence-corrected chi connectivity index (χ3v) is 6.62. The van der Waals surface area contributed by atoms with E-state index >= 15 is 0 Å². The molecule has 0 atom stereocenters. The van der Waals surface area contributed by atoms with Crippen LogP contribution in [-0.4, -0.2) is 22.1 Å². The Morgan fingerprint density at radius 3 is 2.43 bits per heavy atom. The Kier molecular flexibility index (Phi) is 5.96. The molecule has 0 radical (unpaired) electrons. The van der Waals surface area contributed by atoms with E-state index in [9.17, 15) is 9.59 Å². The van der Waals surface area contributed by atoms with Crippen LogP contribution in [0.3, 0.4) is 0 Å². The minimum atomic E-state index is -0.564. The van der Waals surface area contributed by atoms with E-state index in [1.54, 1.807) is 6.07 Å². The maximum atomic E-state index is 12.4. The van der Waals surface area contributed by atoms with Crippen molar-refractivity contribution in [3.05, 3.63) is 92.3 Å². The summed E-state index contributed by atoms with van der Waals surface area (Å²) >= 11 is 12.8. The van der Waals surface area contributed by atoms with Gasteiger partial charge in [0.15, 0.2) is 11.6 Å². The number of nitrogens with two attached hydrogens (primary N) is 1. The lowest BCUT2D eigenvalue weighted by atomic mass is 9.69. The van der Waals surface area contributed by atoms with Crippen molar-refractivity contribution in [3.63, 3.8) is 0 Å². The largest absolute Gasteiger partial charge is 0.434 e. The predicted molar refractivity (Wildman–Crippen MR) is 134 cm³/mol. The topological polar surface area (TPSA) is 126 Å². The van der Waals surface area contributed by atoms with Crippen LogP contribution in [-0.2, 0) is 0 Å². The Balaban J connectivity index is 1.36. The van der Waals surface area contributed by atoms with Gasteiger partial charge < -0.3 is 15.8 Å². The van der Waals surface area contributed by atoms with Gasteiger partial charge in [0.25, 0.3) is 5.56 Å². The predicted octanol–water partition coefficient (Wildman–Crippen LogP) is 4.85. The number of amidine groups is 1. The number of amides is 2. The van der Waals surface area contributed by atoms with Crippen LogP contribution < -0.4 is 26.4 Å². The molecule has 2 amide bonds. The van der Waals surface area contributed by atoms with E-state index in [2.05, 4.69) is 39.3 Å². The number of halogens is 2. The minimum Gasteiger partial charge on any atom is -0.434 e. The van der Waals surface area contributed by atoms with Crippen LogP contribution in [0.25, 0.3) is 0 Å². The number of nitrogens with one attached hydrogen (secondary N) is 2. The van der Waals surface area contributed by atoms with Gasteiger partial charge in [0.1, 0.15) is 0 Å². The van der Waals surface area contributed by atoms with Gasteiger partial charge in [-0.25, -0.2) is 9.89 Å². The number of carbonyl (C=O) groups is 1. The molecule has 1 saturated carbocycles. The molecule has 4 N–H and O–H groups in total. The smallest absolute Gasteiger partial charge is 0.347 e. The fraction of sp³-hybridized carbons (Fsp3) is 0.167. The summed E-state index contributed by atoms with van der Waals surface area (Å²) in [6.07, 6.45) is 1.72. The molecule has 0 bridgehead atoms. The molecule has 0 spiro atoms. The van der Waals surface area contributed by atoms with Crippen LogP contribution in [0.1, 0.15) is 35.8 Å². The first-order valence-corrected chi connectivity index (χ1v) is 11.5. The first kappa shape index (κ1) is 22.9. The van der Waals surface area contributed by atoms with Crippen molar-refractivity contribution in [2.45, 2.75) is 24.7 Å². The molecule has 1 aromatic heterocycles. The van der Waals surface area contributed by atoms with E-state index in [1.165, 1.54) is 17.7 Å². The summed E-state index contributed by atoms with van der Waals surface area (Å²) in [5, 5.41) is 14.2. The SMILES string of the molecule is C=C1NC(=O)N(c2cc(Cl)c(Oc3cc([C@H]4C[C@H](c5ccccc5)C4)c(=O)[nH]n3)c(Cl)c2)N=C1N. The number of carbonyl (C=O) groups excluding carboxylic acids is 1. The highest BCUT2D eigenvalue weighted by Crippen LogP contribution is 2.47. The van der Waals surface area contributed by atoms with Crippen LogP contribution in [0.15, 0.2) is 70.7 Å². The Hall–Kier alpha value is -3.82. The average molecular weight is 511 g/mol. The molecule has 178 valence electrons. The number of H-pyrrole nitrogens is 1. The van der Waals surface area contributed by atoms with E-state index in [0.29, 0.717) is 11.5 Å². The summed E-state index contributed by atoms with van der Waals surface area (Å²) in [5.41, 5.74) is 7.83. The number of rotatable bonds is 5. The highest BCUT2D eigenvalue weighted by molar-refractivity contribution is 6.37. The fourth-order valence-corrected chi connectivity index (χ4v) is 4.68. The van der Waals surface area contributed by atoms with Crippen LogP contribution >= 0.6 is 23.2 Å². The Morgan fingerprint density at radius 1 is 1.06 bits per heavy atom. The van der Waals surface area contributed by atoms with Crippen molar-refractivity contribution in [3.8, 4) is 11.6 Å². The molecule has 1 aliphatic carbocycles. The van der Waals surface area contributed by atoms with E-state index in [0.717, 1.165) is 17.9 Å². The third-order valence-electron chi connectivity index (χ3n) is 6.06. The molecule has 1 fully saturated rings. The zero-order chi connectivity index (χ0) is 24.7. The third kappa shape index (κ3) is 4.48. The van der Waals surface area contributed by atoms with Crippen molar-refractivity contribution in [1.29, 1.82) is 0 Å². The lowest BCUT2D eigenvalue weighted by molar-refractivity contribution is 0.248. The summed E-state index contributed by atoms with van der Waals surface area (Å²) in [6, 6.07) is 14.2. The quantitative estimate of drug-likeness (QED) is 0.452. The Labute approximate surface area is 210 Å². The number of nitrogens with zero attached hydrogens (tertiary/aromatic N) is 3. The minimum absolute atomic E-state index is 0.0487. The van der Waals surface area contributed by atoms with E-state index in [4.69, 9.17) is 33.7 Å². The molecule has 0 saturated heterocycles. The monoisotopic (exact) mass is 510 g/mol. The number of urea groups is 1. The van der Waals surface area contributed by atoms with Crippen molar-refractivity contribution in [1.82, 2.24) is 15.5 Å². The molecule has 5 rings (SSSR count). The fourth-order valence-electron chi connectivity index (χ4n) is 4.13. The number of benzene rings is 2. The molecular formula is C24H20Cl2N6O3. The number of hydrazone groups is 1. The van der Waals surface area contributed by atoms with Crippen LogP contribution in [0.5, 0.6) is 11.6 Å². The standard InChI is InChI=1S/C24H20Cl2N6O3/c1-12-22(27)31-32(24(34)28-12)16-9-18(25)21(19(26)10-16)35-20-11-17(23(33)30-29-20)15-7-14(8-15)13-5-3-2-4-6-13/h2-6,9-11,14-15H,1,7-8H2,(H2,27,31)(H,28,34)(H,30,33)/t14-,15-. The number of hydrogen-bond donors (Lipinski definition) is 3. The van der Waals surface area contributed by atoms with Crippen molar-refractivity contribution >= 4 is 40.8 Å². The molecule has 3 aromatic rings. The lowest BCUT2D eigenvalue weighted by Crippen LogP contribution is -2.45. The van der Waals surface area contributed by atoms with E-state index in [1.807, 2.05) is 18.2 Å². The zero-order valence-corrected chi connectivity index (χ0v) is 19.8. The van der Waals surface area contributed by atoms with Gasteiger partial charge in [0.05, 0.1) is 21.4 Å². The second-order valence-corrected chi connectivity index (χ2v) is 9.13. The zero-order valence-electron chi connectivity index (χ0n) is 18.3. The van der Waals surface area contributed by atoms with Crippen molar-refractivity contribution < 1.29 is 9.53 Å². The molecule has 35 heavy (non-hydrogen) atoms. The molecule has 2 aliphatic rings. The van der Waals surface area contributed by atoms with Gasteiger partial charge in [-0.1, -0.05) is 60.1 Å². The molecule has 0 unspecified atom stereocenters. The van der Waals surface area contributed by atoms with Gasteiger partial charge in [-0.05, 0) is 42.4 Å². The Bertz CT molecular complexity index is 1390. The number of aromatic amines is 1. The normalized spacial score (nSPS) is 19.6. The molecule has 1 aliphatic heterocycles. The van der Waals surface area contributed by atoms with Crippen molar-refractivity contribution in [2.24, 2.45) is 10.8 Å². The molecule has 9 nitrogen and oxygen atoms in total. The number of aromatic nitrogens is 2. The van der Waals surface area contributed by atoms with Crippen LogP contribution in [0, 0.1) is 0 Å². The number of ether oxygens (including phenoxy) is 1. The molecule has 11 heteroatoms. The van der Waals surface area contributed by atoms with Gasteiger partial charge in [-0.3, -0.25) is 4.79 Å². The lowest BCUT2D eigenvalue weighted by Gasteiger charge is -2.35. The van der Waals surface area contributed by atoms with Gasteiger partial charge in [0, 0.05) is 11.6 Å². The van der Waals surface area contributed by atoms with Gasteiger partial charge in [-0.2, -0.15) is 5.01 Å². The molecular weight excluding hydrogens is 491 g/mol. The highest BCUT2D eigenvalue weighted by atomic mass is 35.5. The second-order valence-electron chi connectivity index (χ2n) is 8.31. The first-order chi connectivity index (χ1) is 16.8. The maximum absolute atomic E-state index is 12.4. The molecule has 2 heterocycles. The summed E-state index contributed by atoms with van der Waals surface area (Å²) in [6.45, 7) is 3.61. The summed E-state index contributed by atoms with van der Waals surface area (Å²) < 4.78 is 5.83. The summed E-state index contributed by atoms with van der Waals surface area (Å²) in [7, 11) is 0. The van der Waals surface area contributed by atoms with E-state index < -0.39 is 6.03 Å². The Morgan fingerprint density at radius 2 is 1.74 bits per heavy atom. The van der Waals surface area contributed by atoms with Crippen molar-refractivity contribution in [2.75, 3.05) is 5.01 Å². The first-order valence-electron chi connectivity index (χ1n) is 10.8. The average Bonchev–Trinajstić information content (AvgIpc) is 2.80. The number of anilines is 1. The van der Waals surface area contributed by atoms with Crippen LogP contribution in [0.2, 0.25) is 10.0 Å². The van der Waals surface area contributed by atoms with Gasteiger partial charge >= 0.3 is 6.03 Å². The summed E-state index contributed by atoms with van der Waals surface area (Å²) in [4.78, 5) is 24.7. The van der Waals surface area contributed by atoms with Gasteiger partial charge in [-0.15, -0.1) is 10.2 Å². The number of hydrogen-bond acceptors (Lipinski definition) is 6. The highest BCUT2D eigenvalue weighted by Gasteiger charge is 2.33. The maximum Gasteiger partial charge on any atom is 0.347 e. The molecule has 2 aromatic carbocycles. The van der Waals surface area contributed by atoms with Crippen LogP contribution in [0.4, 0.5) is 10.5 Å². The second kappa shape index (κ2) is 9.09. The van der Waals surface area contributed by atoms with E-state index in [-0.39, 0.29) is 50.4 Å².